The first-order valence-electron chi connectivity index (χ1n) is 7.88. The molecule has 126 valence electrons. The third kappa shape index (κ3) is 4.84. The van der Waals surface area contributed by atoms with Crippen LogP contribution >= 0.6 is 0 Å². The van der Waals surface area contributed by atoms with Crippen LogP contribution in [0.2, 0.25) is 0 Å². The second-order valence-corrected chi connectivity index (χ2v) is 5.58. The molecule has 0 unspecified atom stereocenters. The first kappa shape index (κ1) is 17.5. The molecular formula is C19H22N2O3. The molecule has 0 radical (unpaired) electrons. The quantitative estimate of drug-likeness (QED) is 0.818. The summed E-state index contributed by atoms with van der Waals surface area (Å²) in [5.74, 6) is -0.116. The molecule has 0 bridgehead atoms. The van der Waals surface area contributed by atoms with E-state index in [2.05, 4.69) is 5.32 Å². The summed E-state index contributed by atoms with van der Waals surface area (Å²) in [4.78, 5) is 23.9. The molecular weight excluding hydrogens is 304 g/mol. The van der Waals surface area contributed by atoms with Crippen LogP contribution in [0, 0.1) is 6.92 Å². The first-order valence-corrected chi connectivity index (χ1v) is 7.88. The van der Waals surface area contributed by atoms with E-state index in [1.807, 2.05) is 50.2 Å². The van der Waals surface area contributed by atoms with E-state index in [1.165, 1.54) is 0 Å². The number of ether oxygens (including phenoxy) is 1. The Kier molecular flexibility index (Phi) is 5.95. The van der Waals surface area contributed by atoms with Gasteiger partial charge in [-0.25, -0.2) is 0 Å². The van der Waals surface area contributed by atoms with Gasteiger partial charge in [0, 0.05) is 12.0 Å². The average Bonchev–Trinajstić information content (AvgIpc) is 2.56. The van der Waals surface area contributed by atoms with E-state index in [9.17, 15) is 9.59 Å². The zero-order valence-electron chi connectivity index (χ0n) is 13.9. The van der Waals surface area contributed by atoms with Crippen LogP contribution in [0.15, 0.2) is 48.5 Å². The lowest BCUT2D eigenvalue weighted by atomic mass is 10.0. The Morgan fingerprint density at radius 3 is 2.25 bits per heavy atom. The molecule has 2 rings (SSSR count). The molecule has 0 saturated heterocycles. The summed E-state index contributed by atoms with van der Waals surface area (Å²) < 4.78 is 5.38. The van der Waals surface area contributed by atoms with Crippen molar-refractivity contribution in [2.24, 2.45) is 5.73 Å². The lowest BCUT2D eigenvalue weighted by Crippen LogP contribution is -2.45. The van der Waals surface area contributed by atoms with Crippen molar-refractivity contribution in [3.8, 4) is 5.75 Å². The molecule has 5 nitrogen and oxygen atoms in total. The number of aryl methyl sites for hydroxylation is 1. The smallest absolute Gasteiger partial charge is 0.251 e. The predicted molar refractivity (Wildman–Crippen MR) is 92.9 cm³/mol. The fraction of sp³-hybridized carbons (Fsp3) is 0.263. The van der Waals surface area contributed by atoms with Crippen molar-refractivity contribution < 1.29 is 14.3 Å². The minimum absolute atomic E-state index is 0.315. The second kappa shape index (κ2) is 8.15. The summed E-state index contributed by atoms with van der Waals surface area (Å²) >= 11 is 0. The van der Waals surface area contributed by atoms with Gasteiger partial charge in [-0.15, -0.1) is 0 Å². The normalized spacial score (nSPS) is 11.6. The summed E-state index contributed by atoms with van der Waals surface area (Å²) in [5, 5.41) is 2.70. The minimum atomic E-state index is -0.767. The topological polar surface area (TPSA) is 81.4 Å². The number of hydrogen-bond donors (Lipinski definition) is 2. The van der Waals surface area contributed by atoms with E-state index in [4.69, 9.17) is 10.5 Å². The highest BCUT2D eigenvalue weighted by Gasteiger charge is 2.19. The van der Waals surface area contributed by atoms with Crippen LogP contribution in [0.4, 0.5) is 0 Å². The van der Waals surface area contributed by atoms with Crippen LogP contribution in [-0.4, -0.2) is 24.5 Å². The number of carbonyl (C=O) groups is 2. The zero-order chi connectivity index (χ0) is 17.5. The van der Waals surface area contributed by atoms with Crippen molar-refractivity contribution in [2.75, 3.05) is 6.61 Å². The van der Waals surface area contributed by atoms with Gasteiger partial charge in [-0.3, -0.25) is 9.59 Å². The lowest BCUT2D eigenvalue weighted by molar-refractivity contribution is -0.119. The molecule has 2 aromatic rings. The Balaban J connectivity index is 2.05. The summed E-state index contributed by atoms with van der Waals surface area (Å²) in [6, 6.07) is 13.8. The molecule has 0 fully saturated rings. The van der Waals surface area contributed by atoms with Crippen molar-refractivity contribution in [3.63, 3.8) is 0 Å². The molecule has 0 aliphatic carbocycles. The van der Waals surface area contributed by atoms with Crippen molar-refractivity contribution in [2.45, 2.75) is 26.3 Å². The highest BCUT2D eigenvalue weighted by atomic mass is 16.5. The summed E-state index contributed by atoms with van der Waals surface area (Å²) in [7, 11) is 0. The molecule has 0 spiro atoms. The van der Waals surface area contributed by atoms with E-state index in [0.717, 1.165) is 16.9 Å². The first-order chi connectivity index (χ1) is 11.5. The van der Waals surface area contributed by atoms with Crippen molar-refractivity contribution >= 4 is 11.8 Å². The number of nitrogens with two attached hydrogens (primary N) is 1. The largest absolute Gasteiger partial charge is 0.494 e. The summed E-state index contributed by atoms with van der Waals surface area (Å²) in [6.07, 6.45) is 0.333. The van der Waals surface area contributed by atoms with Gasteiger partial charge in [0.1, 0.15) is 11.8 Å². The molecule has 0 saturated carbocycles. The predicted octanol–water partition coefficient (Wildman–Crippen LogP) is 2.22. The van der Waals surface area contributed by atoms with Gasteiger partial charge in [0.15, 0.2) is 0 Å². The zero-order valence-corrected chi connectivity index (χ0v) is 13.9. The van der Waals surface area contributed by atoms with Crippen LogP contribution in [-0.2, 0) is 11.2 Å². The monoisotopic (exact) mass is 326 g/mol. The Morgan fingerprint density at radius 2 is 1.71 bits per heavy atom. The number of primary amides is 1. The molecule has 2 amide bonds. The van der Waals surface area contributed by atoms with E-state index >= 15 is 0 Å². The third-order valence-corrected chi connectivity index (χ3v) is 3.64. The highest BCUT2D eigenvalue weighted by molar-refractivity contribution is 5.97. The van der Waals surface area contributed by atoms with E-state index in [0.29, 0.717) is 18.6 Å². The molecule has 5 heteroatoms. The van der Waals surface area contributed by atoms with Gasteiger partial charge in [-0.05, 0) is 43.7 Å². The van der Waals surface area contributed by atoms with Crippen LogP contribution in [0.25, 0.3) is 0 Å². The summed E-state index contributed by atoms with van der Waals surface area (Å²) in [5.41, 5.74) is 7.89. The van der Waals surface area contributed by atoms with Crippen LogP contribution in [0.1, 0.15) is 28.4 Å². The highest BCUT2D eigenvalue weighted by Crippen LogP contribution is 2.13. The number of amides is 2. The maximum atomic E-state index is 12.3. The Morgan fingerprint density at radius 1 is 1.08 bits per heavy atom. The van der Waals surface area contributed by atoms with Crippen molar-refractivity contribution in [1.29, 1.82) is 0 Å². The Labute approximate surface area is 141 Å². The van der Waals surface area contributed by atoms with Crippen molar-refractivity contribution in [1.82, 2.24) is 5.32 Å². The van der Waals surface area contributed by atoms with Gasteiger partial charge in [-0.1, -0.05) is 29.8 Å². The molecule has 3 N–H and O–H groups in total. The molecule has 2 aromatic carbocycles. The van der Waals surface area contributed by atoms with Gasteiger partial charge in [-0.2, -0.15) is 0 Å². The SMILES string of the molecule is CCOc1ccc(C[C@@H](NC(=O)c2ccc(C)cc2)C(N)=O)cc1. The maximum absolute atomic E-state index is 12.3. The Bertz CT molecular complexity index is 694. The van der Waals surface area contributed by atoms with Crippen LogP contribution in [0.5, 0.6) is 5.75 Å². The molecule has 0 heterocycles. The lowest BCUT2D eigenvalue weighted by Gasteiger charge is -2.16. The molecule has 1 atom stereocenters. The van der Waals surface area contributed by atoms with Gasteiger partial charge in [0.05, 0.1) is 6.61 Å². The van der Waals surface area contributed by atoms with Crippen LogP contribution < -0.4 is 15.8 Å². The molecule has 0 aliphatic heterocycles. The number of rotatable bonds is 7. The number of hydrogen-bond acceptors (Lipinski definition) is 3. The summed E-state index contributed by atoms with van der Waals surface area (Å²) in [6.45, 7) is 4.45. The Hall–Kier alpha value is -2.82. The molecule has 0 aliphatic rings. The van der Waals surface area contributed by atoms with Crippen molar-refractivity contribution in [3.05, 3.63) is 65.2 Å². The van der Waals surface area contributed by atoms with E-state index < -0.39 is 11.9 Å². The van der Waals surface area contributed by atoms with Crippen LogP contribution in [0.3, 0.4) is 0 Å². The fourth-order valence-electron chi connectivity index (χ4n) is 2.29. The number of benzene rings is 2. The second-order valence-electron chi connectivity index (χ2n) is 5.58. The van der Waals surface area contributed by atoms with Gasteiger partial charge in [0.2, 0.25) is 5.91 Å². The van der Waals surface area contributed by atoms with E-state index in [1.54, 1.807) is 12.1 Å². The fourth-order valence-corrected chi connectivity index (χ4v) is 2.29. The van der Waals surface area contributed by atoms with Gasteiger partial charge < -0.3 is 15.8 Å². The average molecular weight is 326 g/mol. The minimum Gasteiger partial charge on any atom is -0.494 e. The van der Waals surface area contributed by atoms with Gasteiger partial charge in [0.25, 0.3) is 5.91 Å². The number of carbonyl (C=O) groups excluding carboxylic acids is 2. The standard InChI is InChI=1S/C19H22N2O3/c1-3-24-16-10-6-14(7-11-16)12-17(18(20)22)21-19(23)15-8-4-13(2)5-9-15/h4-11,17H,3,12H2,1-2H3,(H2,20,22)(H,21,23)/t17-/m1/s1. The maximum Gasteiger partial charge on any atom is 0.251 e. The molecule has 0 aromatic heterocycles. The van der Waals surface area contributed by atoms with Gasteiger partial charge >= 0.3 is 0 Å². The third-order valence-electron chi connectivity index (χ3n) is 3.64. The molecule has 24 heavy (non-hydrogen) atoms. The van der Waals surface area contributed by atoms with E-state index in [-0.39, 0.29) is 5.91 Å². The number of nitrogens with one attached hydrogen (secondary N) is 1.